The van der Waals surface area contributed by atoms with E-state index >= 15 is 0 Å². The van der Waals surface area contributed by atoms with E-state index in [0.717, 1.165) is 25.7 Å². The summed E-state index contributed by atoms with van der Waals surface area (Å²) in [5, 5.41) is 14.2. The van der Waals surface area contributed by atoms with Crippen LogP contribution in [0.25, 0.3) is 0 Å². The molecule has 1 rings (SSSR count). The molecule has 0 radical (unpaired) electrons. The molecule has 0 aliphatic heterocycles. The minimum Gasteiger partial charge on any atom is -0.395 e. The van der Waals surface area contributed by atoms with E-state index in [4.69, 9.17) is 5.11 Å². The van der Waals surface area contributed by atoms with Crippen molar-refractivity contribution in [1.82, 2.24) is 10.6 Å². The molecule has 0 aromatic heterocycles. The second-order valence-corrected chi connectivity index (χ2v) is 4.63. The molecule has 0 fully saturated rings. The third-order valence-electron chi connectivity index (χ3n) is 2.99. The van der Waals surface area contributed by atoms with Crippen LogP contribution < -0.4 is 10.6 Å². The van der Waals surface area contributed by atoms with Crippen LogP contribution in [-0.2, 0) is 6.42 Å². The van der Waals surface area contributed by atoms with Crippen molar-refractivity contribution in [2.24, 2.45) is 0 Å². The smallest absolute Gasteiger partial charge is 0.315 e. The number of carbonyl (C=O) groups excluding carboxylic acids is 1. The molecule has 4 nitrogen and oxygen atoms in total. The van der Waals surface area contributed by atoms with Crippen LogP contribution in [0.1, 0.15) is 31.7 Å². The van der Waals surface area contributed by atoms with Crippen molar-refractivity contribution in [2.45, 2.75) is 38.6 Å². The van der Waals surface area contributed by atoms with Gasteiger partial charge in [-0.1, -0.05) is 43.7 Å². The maximum atomic E-state index is 11.6. The first-order chi connectivity index (χ1) is 9.26. The summed E-state index contributed by atoms with van der Waals surface area (Å²) in [5.41, 5.74) is 1.29. The predicted octanol–water partition coefficient (Wildman–Crippen LogP) is 2.08. The van der Waals surface area contributed by atoms with E-state index in [2.05, 4.69) is 29.7 Å². The first kappa shape index (κ1) is 15.5. The number of aryl methyl sites for hydroxylation is 1. The third kappa shape index (κ3) is 6.82. The first-order valence-corrected chi connectivity index (χ1v) is 6.95. The van der Waals surface area contributed by atoms with E-state index in [1.807, 2.05) is 18.2 Å². The van der Waals surface area contributed by atoms with Crippen LogP contribution in [0.15, 0.2) is 30.3 Å². The van der Waals surface area contributed by atoms with Gasteiger partial charge < -0.3 is 15.7 Å². The molecule has 0 aliphatic carbocycles. The lowest BCUT2D eigenvalue weighted by Gasteiger charge is -2.18. The van der Waals surface area contributed by atoms with Crippen LogP contribution in [0.5, 0.6) is 0 Å². The van der Waals surface area contributed by atoms with Crippen molar-refractivity contribution < 1.29 is 9.90 Å². The SMILES string of the molecule is CCCC(CCc1ccccc1)NC(=O)NCCO. The van der Waals surface area contributed by atoms with Crippen LogP contribution in [0.4, 0.5) is 4.79 Å². The fourth-order valence-corrected chi connectivity index (χ4v) is 2.03. The zero-order chi connectivity index (χ0) is 13.9. The fraction of sp³-hybridized carbons (Fsp3) is 0.533. The Hall–Kier alpha value is -1.55. The molecule has 0 spiro atoms. The first-order valence-electron chi connectivity index (χ1n) is 6.95. The highest BCUT2D eigenvalue weighted by molar-refractivity contribution is 5.74. The lowest BCUT2D eigenvalue weighted by molar-refractivity contribution is 0.229. The number of benzene rings is 1. The number of urea groups is 1. The van der Waals surface area contributed by atoms with Crippen molar-refractivity contribution in [2.75, 3.05) is 13.2 Å². The molecule has 0 bridgehead atoms. The standard InChI is InChI=1S/C15H24N2O2/c1-2-6-14(17-15(19)16-11-12-18)10-9-13-7-4-3-5-8-13/h3-5,7-8,14,18H,2,6,9-12H2,1H3,(H2,16,17,19). The van der Waals surface area contributed by atoms with Crippen molar-refractivity contribution >= 4 is 6.03 Å². The Bertz CT molecular complexity index is 354. The fourth-order valence-electron chi connectivity index (χ4n) is 2.03. The van der Waals surface area contributed by atoms with E-state index in [1.165, 1.54) is 5.56 Å². The van der Waals surface area contributed by atoms with Gasteiger partial charge in [0.2, 0.25) is 0 Å². The van der Waals surface area contributed by atoms with E-state index in [9.17, 15) is 4.79 Å². The lowest BCUT2D eigenvalue weighted by atomic mass is 10.0. The summed E-state index contributed by atoms with van der Waals surface area (Å²) in [4.78, 5) is 11.6. The average molecular weight is 264 g/mol. The van der Waals surface area contributed by atoms with Gasteiger partial charge in [0, 0.05) is 12.6 Å². The van der Waals surface area contributed by atoms with E-state index in [1.54, 1.807) is 0 Å². The zero-order valence-corrected chi connectivity index (χ0v) is 11.6. The largest absolute Gasteiger partial charge is 0.395 e. The summed E-state index contributed by atoms with van der Waals surface area (Å²) in [6, 6.07) is 10.3. The Morgan fingerprint density at radius 2 is 2.00 bits per heavy atom. The molecule has 2 amide bonds. The number of amides is 2. The predicted molar refractivity (Wildman–Crippen MR) is 77.1 cm³/mol. The quantitative estimate of drug-likeness (QED) is 0.673. The van der Waals surface area contributed by atoms with Gasteiger partial charge in [-0.05, 0) is 24.8 Å². The maximum Gasteiger partial charge on any atom is 0.315 e. The number of carbonyl (C=O) groups is 1. The van der Waals surface area contributed by atoms with E-state index < -0.39 is 0 Å². The Labute approximate surface area is 115 Å². The maximum absolute atomic E-state index is 11.6. The Balaban J connectivity index is 2.37. The number of aliphatic hydroxyl groups is 1. The van der Waals surface area contributed by atoms with Crippen molar-refractivity contribution in [3.05, 3.63) is 35.9 Å². The molecule has 1 unspecified atom stereocenters. The average Bonchev–Trinajstić information content (AvgIpc) is 2.44. The molecule has 19 heavy (non-hydrogen) atoms. The Morgan fingerprint density at radius 1 is 1.26 bits per heavy atom. The summed E-state index contributed by atoms with van der Waals surface area (Å²) in [6.45, 7) is 2.38. The molecule has 0 saturated heterocycles. The van der Waals surface area contributed by atoms with Crippen molar-refractivity contribution in [1.29, 1.82) is 0 Å². The van der Waals surface area contributed by atoms with Crippen molar-refractivity contribution in [3.63, 3.8) is 0 Å². The summed E-state index contributed by atoms with van der Waals surface area (Å²) in [7, 11) is 0. The van der Waals surface area contributed by atoms with Gasteiger partial charge in [-0.25, -0.2) is 4.79 Å². The van der Waals surface area contributed by atoms with Gasteiger partial charge in [-0.15, -0.1) is 0 Å². The highest BCUT2D eigenvalue weighted by Gasteiger charge is 2.11. The summed E-state index contributed by atoms with van der Waals surface area (Å²) < 4.78 is 0. The Morgan fingerprint density at radius 3 is 2.63 bits per heavy atom. The van der Waals surface area contributed by atoms with Crippen LogP contribution in [0.3, 0.4) is 0 Å². The minimum atomic E-state index is -0.194. The summed E-state index contributed by atoms with van der Waals surface area (Å²) in [6.07, 6.45) is 3.91. The van der Waals surface area contributed by atoms with Crippen LogP contribution in [0.2, 0.25) is 0 Å². The number of rotatable bonds is 8. The molecular formula is C15H24N2O2. The molecule has 1 aromatic rings. The molecule has 1 atom stereocenters. The van der Waals surface area contributed by atoms with Gasteiger partial charge >= 0.3 is 6.03 Å². The lowest BCUT2D eigenvalue weighted by Crippen LogP contribution is -2.43. The van der Waals surface area contributed by atoms with Crippen LogP contribution >= 0.6 is 0 Å². The van der Waals surface area contributed by atoms with Crippen LogP contribution in [-0.4, -0.2) is 30.3 Å². The summed E-state index contributed by atoms with van der Waals surface area (Å²) in [5.74, 6) is 0. The van der Waals surface area contributed by atoms with E-state index in [0.29, 0.717) is 6.54 Å². The number of hydrogen-bond acceptors (Lipinski definition) is 2. The minimum absolute atomic E-state index is 0.0319. The van der Waals surface area contributed by atoms with Gasteiger partial charge in [0.15, 0.2) is 0 Å². The second-order valence-electron chi connectivity index (χ2n) is 4.63. The molecule has 1 aromatic carbocycles. The third-order valence-corrected chi connectivity index (χ3v) is 2.99. The number of hydrogen-bond donors (Lipinski definition) is 3. The van der Waals surface area contributed by atoms with Crippen molar-refractivity contribution in [3.8, 4) is 0 Å². The second kappa shape index (κ2) is 9.39. The topological polar surface area (TPSA) is 61.4 Å². The highest BCUT2D eigenvalue weighted by atomic mass is 16.3. The molecule has 3 N–H and O–H groups in total. The molecule has 0 saturated carbocycles. The molecular weight excluding hydrogens is 240 g/mol. The van der Waals surface area contributed by atoms with Crippen LogP contribution in [0, 0.1) is 0 Å². The Kier molecular flexibility index (Phi) is 7.66. The van der Waals surface area contributed by atoms with Gasteiger partial charge in [-0.3, -0.25) is 0 Å². The zero-order valence-electron chi connectivity index (χ0n) is 11.6. The molecule has 106 valence electrons. The summed E-state index contributed by atoms with van der Waals surface area (Å²) >= 11 is 0. The van der Waals surface area contributed by atoms with Gasteiger partial charge in [-0.2, -0.15) is 0 Å². The normalized spacial score (nSPS) is 11.9. The highest BCUT2D eigenvalue weighted by Crippen LogP contribution is 2.08. The van der Waals surface area contributed by atoms with Gasteiger partial charge in [0.25, 0.3) is 0 Å². The van der Waals surface area contributed by atoms with Gasteiger partial charge in [0.1, 0.15) is 0 Å². The molecule has 0 heterocycles. The number of nitrogens with one attached hydrogen (secondary N) is 2. The molecule has 4 heteroatoms. The van der Waals surface area contributed by atoms with Gasteiger partial charge in [0.05, 0.1) is 6.61 Å². The monoisotopic (exact) mass is 264 g/mol. The van der Waals surface area contributed by atoms with E-state index in [-0.39, 0.29) is 18.7 Å². The molecule has 0 aliphatic rings. The number of aliphatic hydroxyl groups excluding tert-OH is 1.